The van der Waals surface area contributed by atoms with Crippen LogP contribution in [0.3, 0.4) is 0 Å². The van der Waals surface area contributed by atoms with Gasteiger partial charge in [-0.25, -0.2) is 87.8 Å². The Hall–Kier alpha value is -5.50. The van der Waals surface area contributed by atoms with Gasteiger partial charge >= 0.3 is 0 Å². The van der Waals surface area contributed by atoms with Gasteiger partial charge in [0, 0.05) is 16.5 Å². The highest BCUT2D eigenvalue weighted by Gasteiger charge is 2.52. The second kappa shape index (κ2) is 18.9. The normalized spacial score (nSPS) is 11.7. The zero-order chi connectivity index (χ0) is 47.0. The van der Waals surface area contributed by atoms with Crippen molar-refractivity contribution in [2.45, 2.75) is 0 Å². The molecule has 0 aliphatic heterocycles. The first-order valence-electron chi connectivity index (χ1n) is 16.3. The third kappa shape index (κ3) is 8.13. The quantitative estimate of drug-likeness (QED) is 0.0379. The number of halogens is 20. The van der Waals surface area contributed by atoms with Crippen LogP contribution in [0.5, 0.6) is 5.75 Å². The monoisotopic (exact) mass is 936 g/mol. The number of carbonyl (C=O) groups is 1. The Morgan fingerprint density at radius 3 is 0.806 bits per heavy atom. The number of aliphatic hydroxyl groups is 2. The molecule has 5 rings (SSSR count). The Morgan fingerprint density at radius 2 is 0.597 bits per heavy atom. The van der Waals surface area contributed by atoms with Gasteiger partial charge in [0.05, 0.1) is 13.2 Å². The van der Waals surface area contributed by atoms with Gasteiger partial charge in [0.25, 0.3) is 0 Å². The summed E-state index contributed by atoms with van der Waals surface area (Å²) in [6, 6.07) is 6.11. The fourth-order valence-electron chi connectivity index (χ4n) is 6.29. The first-order valence-corrected chi connectivity index (χ1v) is 18.0. The van der Waals surface area contributed by atoms with Gasteiger partial charge in [0.2, 0.25) is 5.78 Å². The van der Waals surface area contributed by atoms with Crippen molar-refractivity contribution in [3.8, 4) is 5.75 Å². The summed E-state index contributed by atoms with van der Waals surface area (Å²) in [5.41, 5.74) is -13.8. The molecule has 0 atom stereocenters. The van der Waals surface area contributed by atoms with Crippen molar-refractivity contribution >= 4 is 44.7 Å². The second-order valence-corrected chi connectivity index (χ2v) is 14.7. The van der Waals surface area contributed by atoms with Crippen molar-refractivity contribution in [3.63, 3.8) is 0 Å². The number of carbonyl (C=O) groups excluding carboxylic acids is 1. The maximum atomic E-state index is 15.4. The number of hydrogen-bond donors (Lipinski definition) is 3. The van der Waals surface area contributed by atoms with Gasteiger partial charge < -0.3 is 15.3 Å². The van der Waals surface area contributed by atoms with E-state index in [4.69, 9.17) is 15.3 Å². The number of aliphatic hydroxyl groups excluding tert-OH is 2. The zero-order valence-corrected chi connectivity index (χ0v) is 30.5. The van der Waals surface area contributed by atoms with E-state index in [1.165, 1.54) is 12.1 Å². The molecule has 334 valence electrons. The Labute approximate surface area is 334 Å². The molecule has 5 aromatic rings. The van der Waals surface area contributed by atoms with E-state index in [1.807, 2.05) is 0 Å². The molecule has 0 spiro atoms. The van der Waals surface area contributed by atoms with Crippen LogP contribution in [0.25, 0.3) is 0 Å². The molecule has 0 aromatic heterocycles. The third-order valence-corrected chi connectivity index (χ3v) is 11.2. The third-order valence-electron chi connectivity index (χ3n) is 8.99. The molecule has 0 aliphatic carbocycles. The van der Waals surface area contributed by atoms with Crippen molar-refractivity contribution in [1.82, 2.24) is 0 Å². The van der Waals surface area contributed by atoms with Crippen LogP contribution in [-0.4, -0.2) is 57.7 Å². The molecule has 5 aromatic carbocycles. The van der Waals surface area contributed by atoms with E-state index in [0.717, 1.165) is 0 Å². The van der Waals surface area contributed by atoms with E-state index in [9.17, 15) is 57.5 Å². The van der Waals surface area contributed by atoms with Gasteiger partial charge in [0.1, 0.15) is 69.9 Å². The Bertz CT molecular complexity index is 2190. The molecule has 0 amide bonds. The van der Waals surface area contributed by atoms with Crippen LogP contribution in [0.4, 0.5) is 87.8 Å². The van der Waals surface area contributed by atoms with Crippen molar-refractivity contribution in [1.29, 1.82) is 0 Å². The maximum Gasteiger partial charge on any atom is 0.211 e. The topological polar surface area (TPSA) is 77.8 Å². The minimum atomic E-state index is -7.22. The number of phenols is 1. The number of aromatic hydroxyl groups is 1. The fraction of sp³-hybridized carbons (Fsp3) is 0.139. The van der Waals surface area contributed by atoms with Crippen LogP contribution >= 0.6 is 0 Å². The summed E-state index contributed by atoms with van der Waals surface area (Å²) in [5.74, 6) is -69.9. The largest absolute Gasteiger partial charge is 0.508 e. The number of benzene rings is 5. The molecule has 0 fully saturated rings. The number of hydrogen-bond acceptors (Lipinski definition) is 4. The summed E-state index contributed by atoms with van der Waals surface area (Å²) in [5, 5.41) is 26.8. The molecule has 0 unspecified atom stereocenters. The first-order chi connectivity index (χ1) is 28.9. The summed E-state index contributed by atoms with van der Waals surface area (Å²) >= 11 is 0. The molecule has 0 heterocycles. The lowest BCUT2D eigenvalue weighted by molar-refractivity contribution is 0.102. The maximum absolute atomic E-state index is 15.4. The van der Waals surface area contributed by atoms with Crippen molar-refractivity contribution in [2.24, 2.45) is 0 Å². The van der Waals surface area contributed by atoms with Crippen LogP contribution < -0.4 is 21.9 Å². The molecular formula is C36H17BF20O4S. The van der Waals surface area contributed by atoms with E-state index < -0.39 is 144 Å². The molecule has 0 aliphatic rings. The summed E-state index contributed by atoms with van der Waals surface area (Å²) in [6.45, 7) is 0.0674. The highest BCUT2D eigenvalue weighted by Crippen LogP contribution is 2.31. The highest BCUT2D eigenvalue weighted by atomic mass is 32.2. The van der Waals surface area contributed by atoms with Gasteiger partial charge in [-0.15, -0.1) is 21.9 Å². The van der Waals surface area contributed by atoms with E-state index in [2.05, 4.69) is 0 Å². The zero-order valence-electron chi connectivity index (χ0n) is 29.6. The minimum Gasteiger partial charge on any atom is -0.508 e. The number of ketones is 1. The number of Topliss-reactive ketones (excluding diaryl/α,β-unsaturated/α-hetero) is 1. The van der Waals surface area contributed by atoms with Crippen LogP contribution in [0.2, 0.25) is 0 Å². The summed E-state index contributed by atoms with van der Waals surface area (Å²) in [6.07, 6.45) is -7.22. The average molecular weight is 936 g/mol. The molecule has 0 saturated carbocycles. The molecular weight excluding hydrogens is 919 g/mol. The van der Waals surface area contributed by atoms with E-state index in [-0.39, 0.29) is 35.6 Å². The van der Waals surface area contributed by atoms with Crippen molar-refractivity contribution < 1.29 is 108 Å². The highest BCUT2D eigenvalue weighted by molar-refractivity contribution is 7.97. The van der Waals surface area contributed by atoms with Gasteiger partial charge in [-0.05, 0) is 24.3 Å². The Morgan fingerprint density at radius 1 is 0.387 bits per heavy atom. The average Bonchev–Trinajstić information content (AvgIpc) is 3.24. The standard InChI is InChI=1S/C24BF20.C12H16O4S/c26-5-1(6(27)14(35)21(42)13(5)34)25(2-7(28)15(36)22(43)16(37)8(2)29,3-9(30)17(38)23(44)18(39)10(3)31)4-11(32)19(40)24(45)20(41)12(4)33;13-5-7-17(8-6-14)9-12(16)10-1-3-11(15)4-2-10/h;1-4,13-14H,5-9H2/q-1;/p+1. The number of rotatable bonds is 11. The first kappa shape index (κ1) is 49.2. The van der Waals surface area contributed by atoms with Gasteiger partial charge in [-0.1, -0.05) is 0 Å². The lowest BCUT2D eigenvalue weighted by Gasteiger charge is -2.44. The molecule has 62 heavy (non-hydrogen) atoms. The predicted molar refractivity (Wildman–Crippen MR) is 178 cm³/mol. The minimum absolute atomic E-state index is 0.0183. The molecule has 4 nitrogen and oxygen atoms in total. The van der Waals surface area contributed by atoms with Gasteiger partial charge in [-0.3, -0.25) is 4.79 Å². The van der Waals surface area contributed by atoms with Crippen LogP contribution in [0, 0.1) is 116 Å². The van der Waals surface area contributed by atoms with Gasteiger partial charge in [0.15, 0.2) is 75.6 Å². The SMILES string of the molecule is Fc1c(F)c(F)c([B-](c2c(F)c(F)c(F)c(F)c2F)(c2c(F)c(F)c(F)c(F)c2F)c2c(F)c(F)c(F)c(F)c2F)c(F)c1F.O=C(C[S+](CCO)CCO)c1ccc(O)cc1. The summed E-state index contributed by atoms with van der Waals surface area (Å²) in [7, 11) is -0.272. The molecule has 0 radical (unpaired) electrons. The van der Waals surface area contributed by atoms with E-state index >= 15 is 35.1 Å². The molecule has 0 bridgehead atoms. The smallest absolute Gasteiger partial charge is 0.211 e. The van der Waals surface area contributed by atoms with Gasteiger partial charge in [-0.2, -0.15) is 0 Å². The number of phenolic OH excluding ortho intramolecular Hbond substituents is 1. The lowest BCUT2D eigenvalue weighted by Crippen LogP contribution is -2.81. The molecule has 0 saturated heterocycles. The van der Waals surface area contributed by atoms with Crippen molar-refractivity contribution in [2.75, 3.05) is 30.5 Å². The van der Waals surface area contributed by atoms with E-state index in [0.29, 0.717) is 22.8 Å². The lowest BCUT2D eigenvalue weighted by atomic mass is 9.12. The van der Waals surface area contributed by atoms with Crippen LogP contribution in [0.1, 0.15) is 10.4 Å². The second-order valence-electron chi connectivity index (χ2n) is 12.4. The van der Waals surface area contributed by atoms with E-state index in [1.54, 1.807) is 12.1 Å². The predicted octanol–water partition coefficient (Wildman–Crippen LogP) is 6.02. The summed E-state index contributed by atoms with van der Waals surface area (Å²) in [4.78, 5) is 11.9. The molecule has 26 heteroatoms. The van der Waals surface area contributed by atoms with Crippen LogP contribution in [-0.2, 0) is 10.9 Å². The Kier molecular flexibility index (Phi) is 15.0. The summed E-state index contributed by atoms with van der Waals surface area (Å²) < 4.78 is 294. The molecule has 3 N–H and O–H groups in total. The van der Waals surface area contributed by atoms with Crippen molar-refractivity contribution in [3.05, 3.63) is 146 Å². The fourth-order valence-corrected chi connectivity index (χ4v) is 7.84. The Balaban J connectivity index is 0.000000416. The van der Waals surface area contributed by atoms with Crippen LogP contribution in [0.15, 0.2) is 24.3 Å².